The molecule has 1 aliphatic heterocycles. The molecule has 110 valence electrons. The van der Waals surface area contributed by atoms with E-state index in [0.717, 1.165) is 6.29 Å². The summed E-state index contributed by atoms with van der Waals surface area (Å²) in [6.45, 7) is 14.7. The normalized spacial score (nSPS) is 27.2. The summed E-state index contributed by atoms with van der Waals surface area (Å²) in [6, 6.07) is -0.0789. The lowest BCUT2D eigenvalue weighted by Crippen LogP contribution is -2.66. The van der Waals surface area contributed by atoms with Crippen molar-refractivity contribution in [3.63, 3.8) is 0 Å². The molecule has 0 aliphatic carbocycles. The van der Waals surface area contributed by atoms with Crippen LogP contribution in [-0.4, -0.2) is 32.7 Å². The number of aldehydes is 1. The summed E-state index contributed by atoms with van der Waals surface area (Å²) in [6.07, 6.45) is 0.762. The maximum Gasteiger partial charge on any atom is 0.228 e. The Kier molecular flexibility index (Phi) is 4.62. The Morgan fingerprint density at radius 2 is 1.84 bits per heavy atom. The fraction of sp³-hybridized carbons (Fsp3) is 0.857. The lowest BCUT2D eigenvalue weighted by atomic mass is 9.79. The van der Waals surface area contributed by atoms with Gasteiger partial charge in [-0.05, 0) is 25.1 Å². The monoisotopic (exact) mass is 285 g/mol. The second kappa shape index (κ2) is 5.36. The van der Waals surface area contributed by atoms with Crippen LogP contribution >= 0.6 is 0 Å². The van der Waals surface area contributed by atoms with Crippen molar-refractivity contribution >= 4 is 20.5 Å². The zero-order valence-corrected chi connectivity index (χ0v) is 14.1. The highest BCUT2D eigenvalue weighted by atomic mass is 28.4. The average molecular weight is 285 g/mol. The summed E-state index contributed by atoms with van der Waals surface area (Å²) in [5, 5.41) is 2.93. The molecule has 1 saturated heterocycles. The van der Waals surface area contributed by atoms with Crippen LogP contribution in [0.2, 0.25) is 18.1 Å². The second-order valence-corrected chi connectivity index (χ2v) is 11.9. The molecular formula is C14H27NO3Si. The minimum absolute atomic E-state index is 0.00455. The minimum Gasteiger partial charge on any atom is -0.413 e. The summed E-state index contributed by atoms with van der Waals surface area (Å²) < 4.78 is 6.26. The molecule has 0 saturated carbocycles. The van der Waals surface area contributed by atoms with Gasteiger partial charge in [-0.3, -0.25) is 4.79 Å². The van der Waals surface area contributed by atoms with Gasteiger partial charge in [-0.2, -0.15) is 0 Å². The van der Waals surface area contributed by atoms with E-state index in [1.54, 1.807) is 0 Å². The first-order valence-corrected chi connectivity index (χ1v) is 9.85. The highest BCUT2D eigenvalue weighted by molar-refractivity contribution is 6.74. The molecule has 1 N–H and O–H groups in total. The van der Waals surface area contributed by atoms with Gasteiger partial charge in [0.25, 0.3) is 0 Å². The summed E-state index contributed by atoms with van der Waals surface area (Å²) in [7, 11) is -1.89. The fourth-order valence-corrected chi connectivity index (χ4v) is 3.61. The standard InChI is InChI=1S/C14H27NO3Si/c1-9(8-16)12-11(13(17)15-12)10(2)18-19(6,7)14(3,4)5/h8-12H,1-7H3,(H,15,17)/t9-,10-,11-,12+/m1/s1. The van der Waals surface area contributed by atoms with Crippen LogP contribution in [0.5, 0.6) is 0 Å². The SMILES string of the molecule is C[C@H](C=O)[C@@H]1NC(=O)[C@@H]1[C@@H](C)O[Si](C)(C)C(C)(C)C. The van der Waals surface area contributed by atoms with E-state index in [1.807, 2.05) is 13.8 Å². The van der Waals surface area contributed by atoms with Crippen LogP contribution in [-0.2, 0) is 14.0 Å². The minimum atomic E-state index is -1.89. The maximum absolute atomic E-state index is 11.7. The van der Waals surface area contributed by atoms with Gasteiger partial charge in [0.05, 0.1) is 18.1 Å². The van der Waals surface area contributed by atoms with Gasteiger partial charge in [-0.25, -0.2) is 0 Å². The van der Waals surface area contributed by atoms with Crippen LogP contribution in [0.1, 0.15) is 34.6 Å². The van der Waals surface area contributed by atoms with Gasteiger partial charge in [-0.15, -0.1) is 0 Å². The predicted molar refractivity (Wildman–Crippen MR) is 78.4 cm³/mol. The molecule has 0 aromatic carbocycles. The first-order valence-electron chi connectivity index (χ1n) is 6.95. The van der Waals surface area contributed by atoms with E-state index in [4.69, 9.17) is 4.43 Å². The lowest BCUT2D eigenvalue weighted by molar-refractivity contribution is -0.142. The molecule has 4 atom stereocenters. The smallest absolute Gasteiger partial charge is 0.228 e. The van der Waals surface area contributed by atoms with E-state index in [2.05, 4.69) is 39.2 Å². The van der Waals surface area contributed by atoms with E-state index < -0.39 is 8.32 Å². The summed E-state index contributed by atoms with van der Waals surface area (Å²) in [4.78, 5) is 22.6. The summed E-state index contributed by atoms with van der Waals surface area (Å²) >= 11 is 0. The third-order valence-electron chi connectivity index (χ3n) is 4.57. The van der Waals surface area contributed by atoms with E-state index in [9.17, 15) is 9.59 Å². The Morgan fingerprint density at radius 3 is 2.21 bits per heavy atom. The van der Waals surface area contributed by atoms with Crippen molar-refractivity contribution < 1.29 is 14.0 Å². The Bertz CT molecular complexity index is 362. The molecular weight excluding hydrogens is 258 g/mol. The molecule has 0 radical (unpaired) electrons. The molecule has 0 spiro atoms. The number of amides is 1. The number of carbonyl (C=O) groups excluding carboxylic acids is 2. The van der Waals surface area contributed by atoms with E-state index in [-0.39, 0.29) is 34.9 Å². The van der Waals surface area contributed by atoms with Crippen LogP contribution in [0.25, 0.3) is 0 Å². The molecule has 1 heterocycles. The lowest BCUT2D eigenvalue weighted by Gasteiger charge is -2.46. The van der Waals surface area contributed by atoms with E-state index in [0.29, 0.717) is 0 Å². The molecule has 5 heteroatoms. The molecule has 0 unspecified atom stereocenters. The Morgan fingerprint density at radius 1 is 1.32 bits per heavy atom. The van der Waals surface area contributed by atoms with Crippen LogP contribution in [0.15, 0.2) is 0 Å². The maximum atomic E-state index is 11.7. The second-order valence-electron chi connectivity index (χ2n) is 7.14. The quantitative estimate of drug-likeness (QED) is 0.479. The van der Waals surface area contributed by atoms with Crippen molar-refractivity contribution in [3.8, 4) is 0 Å². The molecule has 19 heavy (non-hydrogen) atoms. The number of carbonyl (C=O) groups is 2. The van der Waals surface area contributed by atoms with Gasteiger partial charge in [-0.1, -0.05) is 27.7 Å². The van der Waals surface area contributed by atoms with Crippen molar-refractivity contribution in [1.82, 2.24) is 5.32 Å². The fourth-order valence-electron chi connectivity index (χ4n) is 2.18. The average Bonchev–Trinajstić information content (AvgIpc) is 2.22. The molecule has 1 fully saturated rings. The molecule has 4 nitrogen and oxygen atoms in total. The van der Waals surface area contributed by atoms with E-state index >= 15 is 0 Å². The predicted octanol–water partition coefficient (Wildman–Crippen LogP) is 2.35. The molecule has 1 aliphatic rings. The molecule has 1 rings (SSSR count). The molecule has 0 aromatic rings. The van der Waals surface area contributed by atoms with Gasteiger partial charge in [0.1, 0.15) is 6.29 Å². The van der Waals surface area contributed by atoms with Crippen LogP contribution in [0, 0.1) is 11.8 Å². The largest absolute Gasteiger partial charge is 0.413 e. The van der Waals surface area contributed by atoms with Crippen molar-refractivity contribution in [1.29, 1.82) is 0 Å². The number of nitrogens with one attached hydrogen (secondary N) is 1. The number of hydrogen-bond acceptors (Lipinski definition) is 3. The van der Waals surface area contributed by atoms with E-state index in [1.165, 1.54) is 0 Å². The molecule has 1 amide bonds. The number of rotatable bonds is 5. The van der Waals surface area contributed by atoms with Gasteiger partial charge in [0.2, 0.25) is 5.91 Å². The van der Waals surface area contributed by atoms with Crippen molar-refractivity contribution in [2.75, 3.05) is 0 Å². The first-order chi connectivity index (χ1) is 8.51. The zero-order chi connectivity index (χ0) is 15.0. The zero-order valence-electron chi connectivity index (χ0n) is 13.1. The Hall–Kier alpha value is -0.683. The van der Waals surface area contributed by atoms with Gasteiger partial charge < -0.3 is 14.5 Å². The summed E-state index contributed by atoms with van der Waals surface area (Å²) in [5.74, 6) is -0.354. The van der Waals surface area contributed by atoms with Crippen molar-refractivity contribution in [2.45, 2.75) is 64.9 Å². The van der Waals surface area contributed by atoms with Gasteiger partial charge in [0, 0.05) is 5.92 Å². The summed E-state index contributed by atoms with van der Waals surface area (Å²) in [5.41, 5.74) is 0. The topological polar surface area (TPSA) is 55.4 Å². The highest BCUT2D eigenvalue weighted by Crippen LogP contribution is 2.39. The molecule has 0 bridgehead atoms. The van der Waals surface area contributed by atoms with Gasteiger partial charge in [0.15, 0.2) is 8.32 Å². The van der Waals surface area contributed by atoms with Crippen LogP contribution < -0.4 is 5.32 Å². The Balaban J connectivity index is 2.75. The third kappa shape index (κ3) is 3.26. The third-order valence-corrected chi connectivity index (χ3v) is 9.15. The Labute approximate surface area is 117 Å². The van der Waals surface area contributed by atoms with Crippen LogP contribution in [0.3, 0.4) is 0 Å². The highest BCUT2D eigenvalue weighted by Gasteiger charge is 2.48. The first kappa shape index (κ1) is 16.4. The van der Waals surface area contributed by atoms with Crippen molar-refractivity contribution in [3.05, 3.63) is 0 Å². The molecule has 0 aromatic heterocycles. The number of hydrogen-bond donors (Lipinski definition) is 1. The van der Waals surface area contributed by atoms with Gasteiger partial charge >= 0.3 is 0 Å². The van der Waals surface area contributed by atoms with Crippen LogP contribution in [0.4, 0.5) is 0 Å². The van der Waals surface area contributed by atoms with Crippen molar-refractivity contribution in [2.24, 2.45) is 11.8 Å². The number of β-lactam (4-membered cyclic amide) rings is 1.